The van der Waals surface area contributed by atoms with Gasteiger partial charge in [-0.1, -0.05) is 38.8 Å². The molecule has 1 saturated heterocycles. The number of esters is 1. The van der Waals surface area contributed by atoms with E-state index >= 15 is 0 Å². The van der Waals surface area contributed by atoms with E-state index in [2.05, 4.69) is 25.4 Å². The average Bonchev–Trinajstić information content (AvgIpc) is 2.67. The molecule has 0 aliphatic carbocycles. The third kappa shape index (κ3) is 4.23. The predicted molar refractivity (Wildman–Crippen MR) is 74.5 cm³/mol. The second kappa shape index (κ2) is 7.77. The molecule has 1 N–H and O–H groups in total. The van der Waals surface area contributed by atoms with Crippen molar-refractivity contribution in [3.05, 3.63) is 24.8 Å². The molecule has 106 valence electrons. The van der Waals surface area contributed by atoms with E-state index in [9.17, 15) is 9.59 Å². The minimum Gasteiger partial charge on any atom is -0.458 e. The smallest absolute Gasteiger partial charge is 0.334 e. The van der Waals surface area contributed by atoms with Gasteiger partial charge in [-0.05, 0) is 12.8 Å². The van der Waals surface area contributed by atoms with Gasteiger partial charge in [-0.15, -0.1) is 6.58 Å². The summed E-state index contributed by atoms with van der Waals surface area (Å²) in [5.41, 5.74) is 0.266. The molecule has 1 amide bonds. The second-order valence-electron chi connectivity index (χ2n) is 4.83. The number of nitrogens with one attached hydrogen (secondary N) is 1. The highest BCUT2D eigenvalue weighted by Gasteiger charge is 2.42. The van der Waals surface area contributed by atoms with Crippen LogP contribution < -0.4 is 5.32 Å². The predicted octanol–water partition coefficient (Wildman–Crippen LogP) is 2.36. The molecule has 0 bridgehead atoms. The SMILES string of the molecule is C=CCNC(=O)[C@@H]1C(=C)C(=O)O[C@H]1CCCCCC. The summed E-state index contributed by atoms with van der Waals surface area (Å²) < 4.78 is 5.24. The molecule has 0 radical (unpaired) electrons. The fourth-order valence-corrected chi connectivity index (χ4v) is 2.24. The van der Waals surface area contributed by atoms with Gasteiger partial charge in [0.1, 0.15) is 12.0 Å². The van der Waals surface area contributed by atoms with Gasteiger partial charge in [0.2, 0.25) is 5.91 Å². The van der Waals surface area contributed by atoms with Crippen molar-refractivity contribution in [2.45, 2.75) is 45.1 Å². The molecule has 0 aromatic carbocycles. The molecule has 19 heavy (non-hydrogen) atoms. The molecule has 1 aliphatic heterocycles. The summed E-state index contributed by atoms with van der Waals surface area (Å²) in [6, 6.07) is 0. The van der Waals surface area contributed by atoms with Gasteiger partial charge < -0.3 is 10.1 Å². The first-order valence-corrected chi connectivity index (χ1v) is 6.90. The van der Waals surface area contributed by atoms with E-state index < -0.39 is 11.9 Å². The maximum atomic E-state index is 12.0. The molecule has 1 heterocycles. The number of hydrogen-bond acceptors (Lipinski definition) is 3. The second-order valence-corrected chi connectivity index (χ2v) is 4.83. The Bertz CT molecular complexity index is 362. The first-order valence-electron chi connectivity index (χ1n) is 6.90. The van der Waals surface area contributed by atoms with Crippen molar-refractivity contribution in [3.8, 4) is 0 Å². The Labute approximate surface area is 114 Å². The van der Waals surface area contributed by atoms with E-state index in [-0.39, 0.29) is 17.6 Å². The van der Waals surface area contributed by atoms with Gasteiger partial charge in [0.05, 0.1) is 0 Å². The minimum atomic E-state index is -0.547. The van der Waals surface area contributed by atoms with E-state index in [1.54, 1.807) is 6.08 Å². The zero-order chi connectivity index (χ0) is 14.3. The summed E-state index contributed by atoms with van der Waals surface area (Å²) in [5.74, 6) is -1.19. The Morgan fingerprint density at radius 2 is 2.16 bits per heavy atom. The van der Waals surface area contributed by atoms with E-state index in [1.807, 2.05) is 0 Å². The van der Waals surface area contributed by atoms with Crippen LogP contribution in [0.3, 0.4) is 0 Å². The van der Waals surface area contributed by atoms with Gasteiger partial charge in [0.25, 0.3) is 0 Å². The summed E-state index contributed by atoms with van der Waals surface area (Å²) in [5, 5.41) is 2.71. The number of cyclic esters (lactones) is 1. The van der Waals surface area contributed by atoms with Crippen molar-refractivity contribution in [2.24, 2.45) is 5.92 Å². The molecule has 0 aromatic heterocycles. The van der Waals surface area contributed by atoms with Crippen molar-refractivity contribution in [3.63, 3.8) is 0 Å². The third-order valence-electron chi connectivity index (χ3n) is 3.31. The topological polar surface area (TPSA) is 55.4 Å². The maximum absolute atomic E-state index is 12.0. The molecule has 0 saturated carbocycles. The molecule has 4 nitrogen and oxygen atoms in total. The van der Waals surface area contributed by atoms with Crippen molar-refractivity contribution in [1.29, 1.82) is 0 Å². The van der Waals surface area contributed by atoms with Crippen molar-refractivity contribution in [1.82, 2.24) is 5.32 Å². The first-order chi connectivity index (χ1) is 9.11. The van der Waals surface area contributed by atoms with E-state index in [0.29, 0.717) is 6.54 Å². The highest BCUT2D eigenvalue weighted by atomic mass is 16.6. The van der Waals surface area contributed by atoms with E-state index in [0.717, 1.165) is 32.1 Å². The van der Waals surface area contributed by atoms with Crippen LogP contribution in [0.1, 0.15) is 39.0 Å². The number of amides is 1. The van der Waals surface area contributed by atoms with E-state index in [4.69, 9.17) is 4.74 Å². The van der Waals surface area contributed by atoms with E-state index in [1.165, 1.54) is 0 Å². The third-order valence-corrected chi connectivity index (χ3v) is 3.31. The van der Waals surface area contributed by atoms with Crippen LogP contribution in [-0.4, -0.2) is 24.5 Å². The largest absolute Gasteiger partial charge is 0.458 e. The lowest BCUT2D eigenvalue weighted by Crippen LogP contribution is -2.36. The molecule has 2 atom stereocenters. The lowest BCUT2D eigenvalue weighted by Gasteiger charge is -2.16. The Kier molecular flexibility index (Phi) is 6.33. The fourth-order valence-electron chi connectivity index (χ4n) is 2.24. The molecule has 1 aliphatic rings. The van der Waals surface area contributed by atoms with Crippen LogP contribution in [0.25, 0.3) is 0 Å². The summed E-state index contributed by atoms with van der Waals surface area (Å²) in [7, 11) is 0. The maximum Gasteiger partial charge on any atom is 0.334 e. The monoisotopic (exact) mass is 265 g/mol. The summed E-state index contributed by atoms with van der Waals surface area (Å²) in [6.07, 6.45) is 6.34. The molecule has 0 spiro atoms. The summed E-state index contributed by atoms with van der Waals surface area (Å²) in [6.45, 7) is 9.76. The highest BCUT2D eigenvalue weighted by molar-refractivity contribution is 5.99. The van der Waals surface area contributed by atoms with Crippen LogP contribution in [0.4, 0.5) is 0 Å². The normalized spacial score (nSPS) is 22.2. The van der Waals surface area contributed by atoms with Crippen LogP contribution in [-0.2, 0) is 14.3 Å². The number of carbonyl (C=O) groups excluding carboxylic acids is 2. The van der Waals surface area contributed by atoms with Crippen LogP contribution in [0.5, 0.6) is 0 Å². The van der Waals surface area contributed by atoms with Gasteiger partial charge >= 0.3 is 5.97 Å². The average molecular weight is 265 g/mol. The zero-order valence-corrected chi connectivity index (χ0v) is 11.6. The minimum absolute atomic E-state index is 0.198. The number of unbranched alkanes of at least 4 members (excludes halogenated alkanes) is 3. The molecule has 1 rings (SSSR count). The highest BCUT2D eigenvalue weighted by Crippen LogP contribution is 2.30. The van der Waals surface area contributed by atoms with Crippen LogP contribution in [0.15, 0.2) is 24.8 Å². The molecule has 4 heteroatoms. The molecular weight excluding hydrogens is 242 g/mol. The van der Waals surface area contributed by atoms with Gasteiger partial charge in [-0.3, -0.25) is 4.79 Å². The Morgan fingerprint density at radius 3 is 2.79 bits per heavy atom. The lowest BCUT2D eigenvalue weighted by molar-refractivity contribution is -0.140. The number of ether oxygens (including phenoxy) is 1. The number of carbonyl (C=O) groups is 2. The first kappa shape index (κ1) is 15.5. The molecule has 0 aromatic rings. The van der Waals surface area contributed by atoms with Gasteiger partial charge in [0.15, 0.2) is 0 Å². The Balaban J connectivity index is 2.56. The van der Waals surface area contributed by atoms with Crippen molar-refractivity contribution < 1.29 is 14.3 Å². The summed E-state index contributed by atoms with van der Waals surface area (Å²) >= 11 is 0. The molecule has 1 fully saturated rings. The zero-order valence-electron chi connectivity index (χ0n) is 11.6. The van der Waals surface area contributed by atoms with Crippen LogP contribution in [0, 0.1) is 5.92 Å². The summed E-state index contributed by atoms with van der Waals surface area (Å²) in [4.78, 5) is 23.5. The molecular formula is C15H23NO3. The number of hydrogen-bond donors (Lipinski definition) is 1. The van der Waals surface area contributed by atoms with Gasteiger partial charge in [0, 0.05) is 12.1 Å². The number of rotatable bonds is 8. The standard InChI is InChI=1S/C15H23NO3/c1-4-6-7-8-9-12-13(11(3)15(18)19-12)14(17)16-10-5-2/h5,12-13H,2-4,6-10H2,1H3,(H,16,17)/t12-,13+/m0/s1. The quantitative estimate of drug-likeness (QED) is 0.317. The van der Waals surface area contributed by atoms with Crippen molar-refractivity contribution in [2.75, 3.05) is 6.54 Å². The van der Waals surface area contributed by atoms with Gasteiger partial charge in [-0.2, -0.15) is 0 Å². The van der Waals surface area contributed by atoms with Crippen molar-refractivity contribution >= 4 is 11.9 Å². The fraction of sp³-hybridized carbons (Fsp3) is 0.600. The molecule has 0 unspecified atom stereocenters. The Morgan fingerprint density at radius 1 is 1.42 bits per heavy atom. The van der Waals surface area contributed by atoms with Gasteiger partial charge in [-0.25, -0.2) is 4.79 Å². The lowest BCUT2D eigenvalue weighted by atomic mass is 9.92. The Hall–Kier alpha value is -1.58. The van der Waals surface area contributed by atoms with Crippen LogP contribution in [0.2, 0.25) is 0 Å². The van der Waals surface area contributed by atoms with Crippen LogP contribution >= 0.6 is 0 Å².